The van der Waals surface area contributed by atoms with Crippen molar-refractivity contribution in [3.63, 3.8) is 0 Å². The molecule has 0 unspecified atom stereocenters. The van der Waals surface area contributed by atoms with Crippen molar-refractivity contribution in [2.45, 2.75) is 4.90 Å². The Morgan fingerprint density at radius 3 is 2.35 bits per heavy atom. The predicted octanol–water partition coefficient (Wildman–Crippen LogP) is 1.54. The van der Waals surface area contributed by atoms with Crippen LogP contribution in [0.5, 0.6) is 0 Å². The van der Waals surface area contributed by atoms with Crippen LogP contribution < -0.4 is 5.32 Å². The average Bonchev–Trinajstić information content (AvgIpc) is 3.02. The lowest BCUT2D eigenvalue weighted by molar-refractivity contribution is 0.360. The molecule has 1 saturated heterocycles. The van der Waals surface area contributed by atoms with E-state index in [1.807, 2.05) is 6.07 Å². The molecule has 0 saturated carbocycles. The summed E-state index contributed by atoms with van der Waals surface area (Å²) in [6.45, 7) is 2.43. The first-order valence-corrected chi connectivity index (χ1v) is 7.97. The van der Waals surface area contributed by atoms with Gasteiger partial charge in [-0.1, -0.05) is 0 Å². The van der Waals surface area contributed by atoms with E-state index in [1.165, 1.54) is 4.31 Å². The molecule has 0 radical (unpaired) electrons. The molecule has 3 rings (SSSR count). The van der Waals surface area contributed by atoms with Crippen LogP contribution in [0.1, 0.15) is 0 Å². The molecule has 0 aliphatic carbocycles. The molecule has 106 valence electrons. The molecule has 1 fully saturated rings. The van der Waals surface area contributed by atoms with E-state index in [-0.39, 0.29) is 0 Å². The van der Waals surface area contributed by atoms with Crippen LogP contribution in [0.4, 0.5) is 0 Å². The molecular formula is C14H16N2O3S. The Hall–Kier alpha value is -1.63. The molecule has 5 nitrogen and oxygen atoms in total. The van der Waals surface area contributed by atoms with Gasteiger partial charge in [-0.3, -0.25) is 0 Å². The van der Waals surface area contributed by atoms with Gasteiger partial charge in [0.15, 0.2) is 0 Å². The minimum Gasteiger partial charge on any atom is -0.464 e. The van der Waals surface area contributed by atoms with E-state index >= 15 is 0 Å². The van der Waals surface area contributed by atoms with Gasteiger partial charge in [-0.05, 0) is 36.4 Å². The Kier molecular flexibility index (Phi) is 3.60. The molecule has 0 atom stereocenters. The number of sulfonamides is 1. The van der Waals surface area contributed by atoms with Crippen molar-refractivity contribution < 1.29 is 12.8 Å². The zero-order chi connectivity index (χ0) is 14.0. The first kappa shape index (κ1) is 13.4. The Labute approximate surface area is 118 Å². The lowest BCUT2D eigenvalue weighted by Gasteiger charge is -2.26. The van der Waals surface area contributed by atoms with Crippen LogP contribution in [0.15, 0.2) is 52.0 Å². The molecule has 1 N–H and O–H groups in total. The number of benzene rings is 1. The summed E-state index contributed by atoms with van der Waals surface area (Å²) in [5.41, 5.74) is 0.870. The molecule has 0 bridgehead atoms. The van der Waals surface area contributed by atoms with Crippen LogP contribution in [0, 0.1) is 0 Å². The second-order valence-corrected chi connectivity index (χ2v) is 6.59. The van der Waals surface area contributed by atoms with Crippen LogP contribution in [0.25, 0.3) is 11.3 Å². The lowest BCUT2D eigenvalue weighted by atomic mass is 10.2. The van der Waals surface area contributed by atoms with Gasteiger partial charge in [0.25, 0.3) is 0 Å². The van der Waals surface area contributed by atoms with E-state index in [0.717, 1.165) is 11.3 Å². The van der Waals surface area contributed by atoms with Gasteiger partial charge in [0.2, 0.25) is 10.0 Å². The minimum atomic E-state index is -3.38. The van der Waals surface area contributed by atoms with Gasteiger partial charge in [0.1, 0.15) is 5.76 Å². The fourth-order valence-corrected chi connectivity index (χ4v) is 3.71. The van der Waals surface area contributed by atoms with Crippen LogP contribution in [-0.2, 0) is 10.0 Å². The van der Waals surface area contributed by atoms with Gasteiger partial charge in [-0.15, -0.1) is 0 Å². The Morgan fingerprint density at radius 1 is 1.05 bits per heavy atom. The van der Waals surface area contributed by atoms with Crippen molar-refractivity contribution in [3.8, 4) is 11.3 Å². The number of nitrogens with zero attached hydrogens (tertiary/aromatic N) is 1. The molecule has 1 aromatic heterocycles. The summed E-state index contributed by atoms with van der Waals surface area (Å²) in [6, 6.07) is 10.5. The quantitative estimate of drug-likeness (QED) is 0.932. The van der Waals surface area contributed by atoms with Gasteiger partial charge in [-0.25, -0.2) is 8.42 Å². The van der Waals surface area contributed by atoms with Gasteiger partial charge in [0.05, 0.1) is 11.2 Å². The molecule has 1 aliphatic heterocycles. The first-order valence-electron chi connectivity index (χ1n) is 6.53. The first-order chi connectivity index (χ1) is 9.68. The Bertz CT molecular complexity index is 657. The maximum atomic E-state index is 12.5. The largest absolute Gasteiger partial charge is 0.464 e. The van der Waals surface area contributed by atoms with Gasteiger partial charge in [-0.2, -0.15) is 4.31 Å². The normalized spacial score (nSPS) is 17.2. The monoisotopic (exact) mass is 292 g/mol. The summed E-state index contributed by atoms with van der Waals surface area (Å²) in [5.74, 6) is 0.733. The summed E-state index contributed by atoms with van der Waals surface area (Å²) in [7, 11) is -3.38. The van der Waals surface area contributed by atoms with Crippen molar-refractivity contribution in [1.29, 1.82) is 0 Å². The predicted molar refractivity (Wildman–Crippen MR) is 75.8 cm³/mol. The summed E-state index contributed by atoms with van der Waals surface area (Å²) in [4.78, 5) is 0.328. The van der Waals surface area contributed by atoms with E-state index < -0.39 is 10.0 Å². The Morgan fingerprint density at radius 2 is 1.75 bits per heavy atom. The second-order valence-electron chi connectivity index (χ2n) is 4.66. The highest BCUT2D eigenvalue weighted by atomic mass is 32.2. The number of hydrogen-bond acceptors (Lipinski definition) is 4. The summed E-state index contributed by atoms with van der Waals surface area (Å²) < 4.78 is 31.7. The van der Waals surface area contributed by atoms with E-state index in [2.05, 4.69) is 5.32 Å². The standard InChI is InChI=1S/C14H16N2O3S/c17-20(18,16-9-7-15-8-10-16)13-5-3-12(4-6-13)14-2-1-11-19-14/h1-6,11,15H,7-10H2. The maximum absolute atomic E-state index is 12.5. The van der Waals surface area contributed by atoms with E-state index in [1.54, 1.807) is 36.6 Å². The molecule has 20 heavy (non-hydrogen) atoms. The van der Waals surface area contributed by atoms with Crippen LogP contribution >= 0.6 is 0 Å². The fourth-order valence-electron chi connectivity index (χ4n) is 2.27. The third kappa shape index (κ3) is 2.49. The molecule has 1 aromatic carbocycles. The fraction of sp³-hybridized carbons (Fsp3) is 0.286. The third-order valence-electron chi connectivity index (χ3n) is 3.37. The van der Waals surface area contributed by atoms with Gasteiger partial charge < -0.3 is 9.73 Å². The number of nitrogens with one attached hydrogen (secondary N) is 1. The van der Waals surface area contributed by atoms with Crippen molar-refractivity contribution in [1.82, 2.24) is 9.62 Å². The highest BCUT2D eigenvalue weighted by Gasteiger charge is 2.25. The van der Waals surface area contributed by atoms with E-state index in [4.69, 9.17) is 4.42 Å². The number of rotatable bonds is 3. The van der Waals surface area contributed by atoms with Crippen molar-refractivity contribution >= 4 is 10.0 Å². The number of piperazine rings is 1. The van der Waals surface area contributed by atoms with E-state index in [9.17, 15) is 8.42 Å². The highest BCUT2D eigenvalue weighted by molar-refractivity contribution is 7.89. The molecule has 2 aromatic rings. The van der Waals surface area contributed by atoms with Crippen LogP contribution in [0.3, 0.4) is 0 Å². The van der Waals surface area contributed by atoms with Gasteiger partial charge >= 0.3 is 0 Å². The second kappa shape index (κ2) is 5.40. The van der Waals surface area contributed by atoms with Crippen molar-refractivity contribution in [3.05, 3.63) is 42.7 Å². The average molecular weight is 292 g/mol. The van der Waals surface area contributed by atoms with Crippen molar-refractivity contribution in [2.75, 3.05) is 26.2 Å². The number of furan rings is 1. The molecule has 0 spiro atoms. The lowest BCUT2D eigenvalue weighted by Crippen LogP contribution is -2.46. The minimum absolute atomic E-state index is 0.328. The maximum Gasteiger partial charge on any atom is 0.243 e. The summed E-state index contributed by atoms with van der Waals surface area (Å²) in [5, 5.41) is 3.15. The molecule has 1 aliphatic rings. The SMILES string of the molecule is O=S(=O)(c1ccc(-c2ccco2)cc1)N1CCNCC1. The molecule has 0 amide bonds. The smallest absolute Gasteiger partial charge is 0.243 e. The highest BCUT2D eigenvalue weighted by Crippen LogP contribution is 2.23. The molecule has 2 heterocycles. The zero-order valence-corrected chi connectivity index (χ0v) is 11.8. The Balaban J connectivity index is 1.87. The number of hydrogen-bond donors (Lipinski definition) is 1. The van der Waals surface area contributed by atoms with Crippen LogP contribution in [-0.4, -0.2) is 38.9 Å². The van der Waals surface area contributed by atoms with Crippen molar-refractivity contribution in [2.24, 2.45) is 0 Å². The zero-order valence-electron chi connectivity index (χ0n) is 11.0. The summed E-state index contributed by atoms with van der Waals surface area (Å²) in [6.07, 6.45) is 1.60. The topological polar surface area (TPSA) is 62.6 Å². The van der Waals surface area contributed by atoms with Gasteiger partial charge in [0, 0.05) is 31.7 Å². The molecule has 6 heteroatoms. The molecular weight excluding hydrogens is 276 g/mol. The summed E-state index contributed by atoms with van der Waals surface area (Å²) >= 11 is 0. The third-order valence-corrected chi connectivity index (χ3v) is 5.29. The van der Waals surface area contributed by atoms with E-state index in [0.29, 0.717) is 31.1 Å². The van der Waals surface area contributed by atoms with Crippen LogP contribution in [0.2, 0.25) is 0 Å².